The molecule has 17 heavy (non-hydrogen) atoms. The zero-order valence-electron chi connectivity index (χ0n) is 9.74. The quantitative estimate of drug-likeness (QED) is 0.865. The van der Waals surface area contributed by atoms with E-state index in [2.05, 4.69) is 0 Å². The van der Waals surface area contributed by atoms with E-state index in [0.717, 1.165) is 0 Å². The molecule has 1 aromatic rings. The lowest BCUT2D eigenvalue weighted by molar-refractivity contribution is -0.169. The largest absolute Gasteiger partial charge is 0.494 e. The lowest BCUT2D eigenvalue weighted by Crippen LogP contribution is -2.30. The van der Waals surface area contributed by atoms with Gasteiger partial charge in [-0.15, -0.1) is 0 Å². The second-order valence-corrected chi connectivity index (χ2v) is 3.84. The number of hydrogen-bond acceptors (Lipinski definition) is 4. The third kappa shape index (κ3) is 2.26. The Hall–Kier alpha value is -1.17. The fraction of sp³-hybridized carbons (Fsp3) is 0.500. The van der Waals surface area contributed by atoms with Gasteiger partial charge < -0.3 is 19.9 Å². The summed E-state index contributed by atoms with van der Waals surface area (Å²) in [6.07, 6.45) is 0.499. The van der Waals surface area contributed by atoms with Gasteiger partial charge in [-0.3, -0.25) is 0 Å². The minimum Gasteiger partial charge on any atom is -0.494 e. The standard InChI is InChI=1S/C12H16FNO3/c1-15-11-3-2-9(8-10(11)13)12(4-5-14)16-6-7-17-12/h2-3,8H,4-7,14H2,1H3. The molecule has 2 rings (SSSR count). The summed E-state index contributed by atoms with van der Waals surface area (Å²) in [5.41, 5.74) is 6.18. The van der Waals surface area contributed by atoms with Gasteiger partial charge in [-0.25, -0.2) is 4.39 Å². The summed E-state index contributed by atoms with van der Waals surface area (Å²) >= 11 is 0. The zero-order valence-corrected chi connectivity index (χ0v) is 9.74. The molecule has 1 aliphatic rings. The average Bonchev–Trinajstić information content (AvgIpc) is 2.79. The summed E-state index contributed by atoms with van der Waals surface area (Å²) in [5.74, 6) is -1.13. The Morgan fingerprint density at radius 1 is 1.41 bits per heavy atom. The van der Waals surface area contributed by atoms with Gasteiger partial charge in [0.05, 0.1) is 20.3 Å². The predicted molar refractivity (Wildman–Crippen MR) is 60.2 cm³/mol. The molecule has 1 aliphatic heterocycles. The molecule has 1 fully saturated rings. The van der Waals surface area contributed by atoms with Crippen LogP contribution < -0.4 is 10.5 Å². The lowest BCUT2D eigenvalue weighted by atomic mass is 10.0. The Morgan fingerprint density at radius 3 is 2.65 bits per heavy atom. The molecule has 5 heteroatoms. The van der Waals surface area contributed by atoms with Crippen molar-refractivity contribution in [2.24, 2.45) is 5.73 Å². The maximum atomic E-state index is 13.6. The molecular weight excluding hydrogens is 225 g/mol. The summed E-state index contributed by atoms with van der Waals surface area (Å²) in [4.78, 5) is 0. The summed E-state index contributed by atoms with van der Waals surface area (Å²) in [6.45, 7) is 1.40. The fourth-order valence-electron chi connectivity index (χ4n) is 2.00. The van der Waals surface area contributed by atoms with Gasteiger partial charge in [0.1, 0.15) is 0 Å². The van der Waals surface area contributed by atoms with Crippen molar-refractivity contribution in [1.29, 1.82) is 0 Å². The van der Waals surface area contributed by atoms with Gasteiger partial charge in [0, 0.05) is 12.0 Å². The highest BCUT2D eigenvalue weighted by Crippen LogP contribution is 2.36. The van der Waals surface area contributed by atoms with Crippen LogP contribution >= 0.6 is 0 Å². The summed E-state index contributed by atoms with van der Waals surface area (Å²) in [7, 11) is 1.43. The zero-order chi connectivity index (χ0) is 12.3. The smallest absolute Gasteiger partial charge is 0.196 e. The predicted octanol–water partition coefficient (Wildman–Crippen LogP) is 1.38. The first-order valence-electron chi connectivity index (χ1n) is 5.54. The molecular formula is C12H16FNO3. The number of nitrogens with two attached hydrogens (primary N) is 1. The Kier molecular flexibility index (Phi) is 3.61. The molecule has 0 radical (unpaired) electrons. The molecule has 0 aliphatic carbocycles. The van der Waals surface area contributed by atoms with E-state index >= 15 is 0 Å². The van der Waals surface area contributed by atoms with Gasteiger partial charge in [0.25, 0.3) is 0 Å². The fourth-order valence-corrected chi connectivity index (χ4v) is 2.00. The van der Waals surface area contributed by atoms with Crippen molar-refractivity contribution in [3.05, 3.63) is 29.6 Å². The van der Waals surface area contributed by atoms with Gasteiger partial charge >= 0.3 is 0 Å². The van der Waals surface area contributed by atoms with Crippen molar-refractivity contribution in [3.63, 3.8) is 0 Å². The molecule has 2 N–H and O–H groups in total. The number of hydrogen-bond donors (Lipinski definition) is 1. The van der Waals surface area contributed by atoms with E-state index in [4.69, 9.17) is 19.9 Å². The maximum Gasteiger partial charge on any atom is 0.196 e. The highest BCUT2D eigenvalue weighted by atomic mass is 19.1. The van der Waals surface area contributed by atoms with E-state index in [1.165, 1.54) is 13.2 Å². The molecule has 0 bridgehead atoms. The van der Waals surface area contributed by atoms with Gasteiger partial charge in [-0.2, -0.15) is 0 Å². The van der Waals surface area contributed by atoms with Crippen LogP contribution in [0.1, 0.15) is 12.0 Å². The van der Waals surface area contributed by atoms with E-state index < -0.39 is 11.6 Å². The molecule has 0 amide bonds. The van der Waals surface area contributed by atoms with Crippen LogP contribution in [-0.2, 0) is 15.3 Å². The molecule has 0 saturated carbocycles. The number of ether oxygens (including phenoxy) is 3. The highest BCUT2D eigenvalue weighted by molar-refractivity contribution is 5.32. The van der Waals surface area contributed by atoms with Crippen LogP contribution in [0.5, 0.6) is 5.75 Å². The van der Waals surface area contributed by atoms with Crippen LogP contribution in [0.2, 0.25) is 0 Å². The number of halogens is 1. The second kappa shape index (κ2) is 5.00. The summed E-state index contributed by atoms with van der Waals surface area (Å²) in [6, 6.07) is 4.68. The molecule has 4 nitrogen and oxygen atoms in total. The Bertz CT molecular complexity index is 391. The first-order chi connectivity index (χ1) is 8.22. The molecule has 0 atom stereocenters. The average molecular weight is 241 g/mol. The molecule has 94 valence electrons. The highest BCUT2D eigenvalue weighted by Gasteiger charge is 2.38. The molecule has 0 unspecified atom stereocenters. The third-order valence-corrected chi connectivity index (χ3v) is 2.82. The Balaban J connectivity index is 2.33. The molecule has 1 saturated heterocycles. The van der Waals surface area contributed by atoms with E-state index in [-0.39, 0.29) is 5.75 Å². The Labute approximate surface area is 99.5 Å². The second-order valence-electron chi connectivity index (χ2n) is 3.84. The van der Waals surface area contributed by atoms with E-state index in [9.17, 15) is 4.39 Å². The van der Waals surface area contributed by atoms with Crippen LogP contribution in [0.25, 0.3) is 0 Å². The van der Waals surface area contributed by atoms with Crippen molar-refractivity contribution in [2.45, 2.75) is 12.2 Å². The van der Waals surface area contributed by atoms with Crippen molar-refractivity contribution in [1.82, 2.24) is 0 Å². The first-order valence-corrected chi connectivity index (χ1v) is 5.54. The van der Waals surface area contributed by atoms with Crippen LogP contribution in [-0.4, -0.2) is 26.9 Å². The van der Waals surface area contributed by atoms with Crippen molar-refractivity contribution in [2.75, 3.05) is 26.9 Å². The number of methoxy groups -OCH3 is 1. The van der Waals surface area contributed by atoms with Crippen LogP contribution in [0, 0.1) is 5.82 Å². The number of rotatable bonds is 4. The van der Waals surface area contributed by atoms with Crippen LogP contribution in [0.3, 0.4) is 0 Å². The van der Waals surface area contributed by atoms with Gasteiger partial charge in [0.15, 0.2) is 17.4 Å². The molecule has 1 heterocycles. The Morgan fingerprint density at radius 2 is 2.12 bits per heavy atom. The van der Waals surface area contributed by atoms with Crippen LogP contribution in [0.15, 0.2) is 18.2 Å². The van der Waals surface area contributed by atoms with E-state index in [0.29, 0.717) is 31.7 Å². The van der Waals surface area contributed by atoms with Gasteiger partial charge in [0.2, 0.25) is 0 Å². The summed E-state index contributed by atoms with van der Waals surface area (Å²) in [5, 5.41) is 0. The van der Waals surface area contributed by atoms with Gasteiger partial charge in [-0.1, -0.05) is 0 Å². The monoisotopic (exact) mass is 241 g/mol. The number of benzene rings is 1. The summed E-state index contributed by atoms with van der Waals surface area (Å²) < 4.78 is 29.7. The topological polar surface area (TPSA) is 53.7 Å². The van der Waals surface area contributed by atoms with Crippen molar-refractivity contribution < 1.29 is 18.6 Å². The SMILES string of the molecule is COc1ccc(C2(CCN)OCCO2)cc1F. The van der Waals surface area contributed by atoms with Crippen molar-refractivity contribution >= 4 is 0 Å². The maximum absolute atomic E-state index is 13.6. The lowest BCUT2D eigenvalue weighted by Gasteiger charge is -2.27. The normalized spacial score (nSPS) is 18.3. The molecule has 0 aromatic heterocycles. The van der Waals surface area contributed by atoms with E-state index in [1.807, 2.05) is 0 Å². The van der Waals surface area contributed by atoms with E-state index in [1.54, 1.807) is 12.1 Å². The molecule has 0 spiro atoms. The third-order valence-electron chi connectivity index (χ3n) is 2.82. The van der Waals surface area contributed by atoms with Gasteiger partial charge in [-0.05, 0) is 24.7 Å². The first kappa shape index (κ1) is 12.3. The molecule has 1 aromatic carbocycles. The van der Waals surface area contributed by atoms with Crippen molar-refractivity contribution in [3.8, 4) is 5.75 Å². The minimum atomic E-state index is -0.901. The van der Waals surface area contributed by atoms with Crippen LogP contribution in [0.4, 0.5) is 4.39 Å². The minimum absolute atomic E-state index is 0.203.